The van der Waals surface area contributed by atoms with E-state index in [-0.39, 0.29) is 0 Å². The second-order valence-electron chi connectivity index (χ2n) is 7.22. The standard InChI is InChI=1S/C19H22N6OS/c1-2-4-12(3-1)18-24-25-19(27-18)23-17-6-5-15-16(22-17)9-14(10-20-15)21-13-7-8-26-11-13/h5-6,9-10,12-13,21H,1-4,7-8,11H2,(H,22,23,25). The van der Waals surface area contributed by atoms with E-state index in [9.17, 15) is 0 Å². The highest BCUT2D eigenvalue weighted by Gasteiger charge is 2.21. The number of anilines is 3. The largest absolute Gasteiger partial charge is 0.379 e. The van der Waals surface area contributed by atoms with Crippen molar-refractivity contribution in [3.8, 4) is 0 Å². The van der Waals surface area contributed by atoms with E-state index in [4.69, 9.17) is 9.72 Å². The first-order valence-corrected chi connectivity index (χ1v) is 10.4. The van der Waals surface area contributed by atoms with Gasteiger partial charge in [-0.15, -0.1) is 10.2 Å². The molecule has 4 heterocycles. The van der Waals surface area contributed by atoms with E-state index in [0.29, 0.717) is 12.0 Å². The highest BCUT2D eigenvalue weighted by Crippen LogP contribution is 2.36. The molecule has 2 N–H and O–H groups in total. The zero-order valence-corrected chi connectivity index (χ0v) is 15.8. The number of ether oxygens (including phenoxy) is 1. The number of aromatic nitrogens is 4. The third-order valence-corrected chi connectivity index (χ3v) is 6.22. The van der Waals surface area contributed by atoms with Gasteiger partial charge in [-0.1, -0.05) is 24.2 Å². The van der Waals surface area contributed by atoms with Crippen molar-refractivity contribution >= 4 is 39.0 Å². The van der Waals surface area contributed by atoms with Crippen LogP contribution in [0.1, 0.15) is 43.0 Å². The van der Waals surface area contributed by atoms with Crippen LogP contribution in [0.5, 0.6) is 0 Å². The van der Waals surface area contributed by atoms with Crippen molar-refractivity contribution in [2.24, 2.45) is 0 Å². The fourth-order valence-corrected chi connectivity index (χ4v) is 4.69. The van der Waals surface area contributed by atoms with Crippen LogP contribution in [-0.4, -0.2) is 39.4 Å². The summed E-state index contributed by atoms with van der Waals surface area (Å²) in [4.78, 5) is 9.22. The zero-order chi connectivity index (χ0) is 18.1. The third kappa shape index (κ3) is 3.72. The van der Waals surface area contributed by atoms with E-state index in [1.807, 2.05) is 24.4 Å². The lowest BCUT2D eigenvalue weighted by atomic mass is 10.1. The molecule has 0 aromatic carbocycles. The van der Waals surface area contributed by atoms with E-state index in [2.05, 4.69) is 25.8 Å². The van der Waals surface area contributed by atoms with E-state index >= 15 is 0 Å². The SMILES string of the molecule is c1nc2ccc(Nc3nnc(C4CCCC4)s3)nc2cc1NC1CCOC1. The Kier molecular flexibility index (Phi) is 4.59. The molecule has 140 valence electrons. The Bertz CT molecular complexity index is 933. The van der Waals surface area contributed by atoms with Crippen LogP contribution in [0, 0.1) is 0 Å². The van der Waals surface area contributed by atoms with Gasteiger partial charge in [-0.25, -0.2) is 4.98 Å². The fraction of sp³-hybridized carbons (Fsp3) is 0.474. The average Bonchev–Trinajstić information content (AvgIpc) is 3.44. The second-order valence-corrected chi connectivity index (χ2v) is 8.22. The van der Waals surface area contributed by atoms with Crippen LogP contribution in [0.3, 0.4) is 0 Å². The van der Waals surface area contributed by atoms with Gasteiger partial charge in [0.25, 0.3) is 0 Å². The molecule has 2 aliphatic rings. The lowest BCUT2D eigenvalue weighted by Crippen LogP contribution is -2.18. The number of hydrogen-bond donors (Lipinski definition) is 2. The molecule has 0 bridgehead atoms. The van der Waals surface area contributed by atoms with Gasteiger partial charge in [0.2, 0.25) is 5.13 Å². The van der Waals surface area contributed by atoms with Crippen LogP contribution < -0.4 is 10.6 Å². The maximum absolute atomic E-state index is 5.42. The predicted molar refractivity (Wildman–Crippen MR) is 107 cm³/mol. The lowest BCUT2D eigenvalue weighted by Gasteiger charge is -2.12. The molecule has 27 heavy (non-hydrogen) atoms. The summed E-state index contributed by atoms with van der Waals surface area (Å²) in [6.45, 7) is 1.56. The number of hydrogen-bond acceptors (Lipinski definition) is 8. The minimum Gasteiger partial charge on any atom is -0.379 e. The van der Waals surface area contributed by atoms with Gasteiger partial charge < -0.3 is 15.4 Å². The first kappa shape index (κ1) is 16.8. The zero-order valence-electron chi connectivity index (χ0n) is 15.0. The summed E-state index contributed by atoms with van der Waals surface area (Å²) >= 11 is 1.64. The third-order valence-electron chi connectivity index (χ3n) is 5.22. The molecule has 1 saturated heterocycles. The number of nitrogens with one attached hydrogen (secondary N) is 2. The number of rotatable bonds is 5. The highest BCUT2D eigenvalue weighted by atomic mass is 32.1. The van der Waals surface area contributed by atoms with Gasteiger partial charge in [0, 0.05) is 12.5 Å². The van der Waals surface area contributed by atoms with Gasteiger partial charge in [-0.05, 0) is 37.5 Å². The van der Waals surface area contributed by atoms with Gasteiger partial charge in [0.05, 0.1) is 35.6 Å². The fourth-order valence-electron chi connectivity index (χ4n) is 3.77. The van der Waals surface area contributed by atoms with Crippen LogP contribution in [0.15, 0.2) is 24.4 Å². The van der Waals surface area contributed by atoms with Crippen LogP contribution in [0.4, 0.5) is 16.6 Å². The minimum absolute atomic E-state index is 0.348. The van der Waals surface area contributed by atoms with E-state index < -0.39 is 0 Å². The maximum Gasteiger partial charge on any atom is 0.211 e. The minimum atomic E-state index is 0.348. The Morgan fingerprint density at radius 2 is 2.00 bits per heavy atom. The Balaban J connectivity index is 1.33. The van der Waals surface area contributed by atoms with Crippen LogP contribution in [-0.2, 0) is 4.74 Å². The first-order valence-electron chi connectivity index (χ1n) is 9.55. The maximum atomic E-state index is 5.42. The Morgan fingerprint density at radius 1 is 1.07 bits per heavy atom. The molecule has 3 aromatic heterocycles. The van der Waals surface area contributed by atoms with Crippen molar-refractivity contribution in [2.45, 2.75) is 44.1 Å². The summed E-state index contributed by atoms with van der Waals surface area (Å²) in [5, 5.41) is 17.4. The molecule has 2 fully saturated rings. The van der Waals surface area contributed by atoms with Crippen LogP contribution >= 0.6 is 11.3 Å². The molecular weight excluding hydrogens is 360 g/mol. The van der Waals surface area contributed by atoms with Crippen LogP contribution in [0.2, 0.25) is 0 Å². The molecule has 0 spiro atoms. The molecule has 8 heteroatoms. The van der Waals surface area contributed by atoms with Gasteiger partial charge in [0.1, 0.15) is 10.8 Å². The summed E-state index contributed by atoms with van der Waals surface area (Å²) in [5.41, 5.74) is 2.70. The molecule has 1 aliphatic carbocycles. The second kappa shape index (κ2) is 7.36. The summed E-state index contributed by atoms with van der Waals surface area (Å²) in [6, 6.07) is 6.30. The van der Waals surface area contributed by atoms with Crippen molar-refractivity contribution in [2.75, 3.05) is 23.8 Å². The van der Waals surface area contributed by atoms with Gasteiger partial charge >= 0.3 is 0 Å². The van der Waals surface area contributed by atoms with Gasteiger partial charge in [-0.2, -0.15) is 0 Å². The topological polar surface area (TPSA) is 84.9 Å². The normalized spacial score (nSPS) is 20.4. The summed E-state index contributed by atoms with van der Waals surface area (Å²) < 4.78 is 5.42. The van der Waals surface area contributed by atoms with Crippen molar-refractivity contribution in [3.63, 3.8) is 0 Å². The molecule has 0 amide bonds. The highest BCUT2D eigenvalue weighted by molar-refractivity contribution is 7.15. The molecule has 7 nitrogen and oxygen atoms in total. The summed E-state index contributed by atoms with van der Waals surface area (Å²) in [6.07, 6.45) is 7.94. The molecule has 3 aromatic rings. The predicted octanol–water partition coefficient (Wildman–Crippen LogP) is 4.08. The Hall–Kier alpha value is -2.32. The summed E-state index contributed by atoms with van der Waals surface area (Å²) in [7, 11) is 0. The Morgan fingerprint density at radius 3 is 2.85 bits per heavy atom. The Labute approximate surface area is 161 Å². The van der Waals surface area contributed by atoms with Crippen molar-refractivity contribution in [1.82, 2.24) is 20.2 Å². The molecule has 0 radical (unpaired) electrons. The molecule has 1 aliphatic heterocycles. The van der Waals surface area contributed by atoms with Crippen molar-refractivity contribution in [1.29, 1.82) is 0 Å². The quantitative estimate of drug-likeness (QED) is 0.687. The van der Waals surface area contributed by atoms with Crippen LogP contribution in [0.25, 0.3) is 11.0 Å². The average molecular weight is 382 g/mol. The first-order chi connectivity index (χ1) is 13.3. The van der Waals surface area contributed by atoms with Crippen molar-refractivity contribution < 1.29 is 4.74 Å². The van der Waals surface area contributed by atoms with E-state index in [0.717, 1.165) is 52.3 Å². The monoisotopic (exact) mass is 382 g/mol. The van der Waals surface area contributed by atoms with Gasteiger partial charge in [0.15, 0.2) is 0 Å². The van der Waals surface area contributed by atoms with Gasteiger partial charge in [-0.3, -0.25) is 4.98 Å². The lowest BCUT2D eigenvalue weighted by molar-refractivity contribution is 0.195. The number of fused-ring (bicyclic) bond motifs is 1. The molecular formula is C19H22N6OS. The van der Waals surface area contributed by atoms with Crippen molar-refractivity contribution in [3.05, 3.63) is 29.4 Å². The molecule has 1 saturated carbocycles. The smallest absolute Gasteiger partial charge is 0.211 e. The van der Waals surface area contributed by atoms with E-state index in [1.165, 1.54) is 25.7 Å². The molecule has 1 unspecified atom stereocenters. The number of pyridine rings is 2. The molecule has 1 atom stereocenters. The molecule has 5 rings (SSSR count). The number of nitrogens with zero attached hydrogens (tertiary/aromatic N) is 4. The summed E-state index contributed by atoms with van der Waals surface area (Å²) in [5.74, 6) is 1.35. The van der Waals surface area contributed by atoms with E-state index in [1.54, 1.807) is 11.3 Å².